The second-order valence-electron chi connectivity index (χ2n) is 7.44. The highest BCUT2D eigenvalue weighted by molar-refractivity contribution is 9.10. The molecule has 1 amide bonds. The number of nitrogens with one attached hydrogen (secondary N) is 1. The van der Waals surface area contributed by atoms with Crippen molar-refractivity contribution >= 4 is 32.6 Å². The molecular formula is C18H20BrN3O4. The summed E-state index contributed by atoms with van der Waals surface area (Å²) in [5, 5.41) is 18.0. The number of fused-ring (bicyclic) bond motifs is 1. The number of aliphatic hydroxyl groups is 1. The van der Waals surface area contributed by atoms with Gasteiger partial charge >= 0.3 is 0 Å². The van der Waals surface area contributed by atoms with Gasteiger partial charge in [-0.3, -0.25) is 9.59 Å². The summed E-state index contributed by atoms with van der Waals surface area (Å²) >= 11 is 3.41. The average Bonchev–Trinajstić information content (AvgIpc) is 3.34. The monoisotopic (exact) mass is 421 g/mol. The van der Waals surface area contributed by atoms with Gasteiger partial charge in [-0.15, -0.1) is 5.10 Å². The summed E-state index contributed by atoms with van der Waals surface area (Å²) in [5.74, 6) is 0.0803. The maximum Gasteiger partial charge on any atom is 0.275 e. The van der Waals surface area contributed by atoms with E-state index in [0.29, 0.717) is 29.5 Å². The molecule has 0 radical (unpaired) electrons. The Balaban J connectivity index is 1.60. The molecule has 1 heterocycles. The molecule has 0 saturated heterocycles. The molecule has 26 heavy (non-hydrogen) atoms. The molecule has 2 aliphatic carbocycles. The van der Waals surface area contributed by atoms with Crippen molar-refractivity contribution in [2.24, 2.45) is 0 Å². The molecule has 0 bridgehead atoms. The molecule has 2 aromatic rings. The van der Waals surface area contributed by atoms with Crippen molar-refractivity contribution in [1.82, 2.24) is 15.1 Å². The number of halogens is 1. The van der Waals surface area contributed by atoms with Gasteiger partial charge in [-0.25, -0.2) is 4.68 Å². The fraction of sp³-hybridized carbons (Fsp3) is 0.500. The van der Waals surface area contributed by atoms with E-state index in [2.05, 4.69) is 26.3 Å². The van der Waals surface area contributed by atoms with Gasteiger partial charge in [0.1, 0.15) is 12.6 Å². The van der Waals surface area contributed by atoms with E-state index >= 15 is 0 Å². The lowest BCUT2D eigenvalue weighted by Crippen LogP contribution is -2.54. The first-order valence-electron chi connectivity index (χ1n) is 8.69. The summed E-state index contributed by atoms with van der Waals surface area (Å²) in [7, 11) is 0. The molecule has 0 spiro atoms. The van der Waals surface area contributed by atoms with Crippen LogP contribution in [0.25, 0.3) is 10.8 Å². The summed E-state index contributed by atoms with van der Waals surface area (Å²) in [6.07, 6.45) is 3.10. The second-order valence-corrected chi connectivity index (χ2v) is 8.36. The van der Waals surface area contributed by atoms with Crippen molar-refractivity contribution < 1.29 is 14.6 Å². The van der Waals surface area contributed by atoms with Crippen LogP contribution in [0.5, 0.6) is 5.88 Å². The first kappa shape index (κ1) is 17.5. The predicted molar refractivity (Wildman–Crippen MR) is 99.1 cm³/mol. The molecule has 2 N–H and O–H groups in total. The molecule has 2 aliphatic rings. The van der Waals surface area contributed by atoms with Crippen molar-refractivity contribution in [1.29, 1.82) is 0 Å². The molecule has 1 aromatic carbocycles. The lowest BCUT2D eigenvalue weighted by molar-refractivity contribution is -0.125. The molecule has 138 valence electrons. The maximum absolute atomic E-state index is 12.7. The van der Waals surface area contributed by atoms with Crippen molar-refractivity contribution in [2.45, 2.75) is 56.9 Å². The third kappa shape index (κ3) is 3.61. The molecular weight excluding hydrogens is 402 g/mol. The summed E-state index contributed by atoms with van der Waals surface area (Å²) < 4.78 is 7.84. The molecule has 7 nitrogen and oxygen atoms in total. The van der Waals surface area contributed by atoms with E-state index in [9.17, 15) is 14.7 Å². The Morgan fingerprint density at radius 3 is 2.81 bits per heavy atom. The number of nitrogens with zero attached hydrogens (tertiary/aromatic N) is 2. The highest BCUT2D eigenvalue weighted by Gasteiger charge is 2.39. The number of hydrogen-bond acceptors (Lipinski definition) is 5. The molecule has 4 rings (SSSR count). The lowest BCUT2D eigenvalue weighted by Gasteiger charge is -2.41. The normalized spacial score (nSPS) is 25.0. The Labute approximate surface area is 158 Å². The second kappa shape index (κ2) is 6.35. The zero-order valence-electron chi connectivity index (χ0n) is 14.4. The van der Waals surface area contributed by atoms with Crippen LogP contribution in [-0.4, -0.2) is 38.5 Å². The van der Waals surface area contributed by atoms with Gasteiger partial charge in [-0.05, 0) is 50.8 Å². The first-order chi connectivity index (χ1) is 12.3. The Kier molecular flexibility index (Phi) is 4.27. The Morgan fingerprint density at radius 2 is 2.15 bits per heavy atom. The van der Waals surface area contributed by atoms with Gasteiger partial charge in [-0.2, -0.15) is 0 Å². The average molecular weight is 422 g/mol. The van der Waals surface area contributed by atoms with Crippen molar-refractivity contribution in [3.05, 3.63) is 33.0 Å². The zero-order chi connectivity index (χ0) is 18.5. The number of ether oxygens (including phenoxy) is 1. The van der Waals surface area contributed by atoms with Crippen LogP contribution in [-0.2, 0) is 11.3 Å². The van der Waals surface area contributed by atoms with Gasteiger partial charge in [-0.1, -0.05) is 15.9 Å². The van der Waals surface area contributed by atoms with Crippen LogP contribution in [0, 0.1) is 0 Å². The van der Waals surface area contributed by atoms with E-state index in [1.54, 1.807) is 19.1 Å². The van der Waals surface area contributed by atoms with Crippen molar-refractivity contribution in [2.75, 3.05) is 0 Å². The van der Waals surface area contributed by atoms with Gasteiger partial charge in [0.15, 0.2) is 0 Å². The molecule has 1 aromatic heterocycles. The molecule has 2 fully saturated rings. The Hall–Kier alpha value is -1.93. The Morgan fingerprint density at radius 1 is 1.42 bits per heavy atom. The standard InChI is InChI=1S/C18H20BrN3O4/c1-18(25)7-11(8-18)20-15(23)9-22-17(24)13-5-2-10(19)6-14(13)16(21-22)26-12-3-4-12/h2,5-6,11-12,25H,3-4,7-9H2,1H3,(H,20,23)/t11-,18+. The summed E-state index contributed by atoms with van der Waals surface area (Å²) in [6.45, 7) is 1.56. The van der Waals surface area contributed by atoms with Crippen molar-refractivity contribution in [3.63, 3.8) is 0 Å². The third-order valence-electron chi connectivity index (χ3n) is 4.72. The molecule has 0 atom stereocenters. The topological polar surface area (TPSA) is 93.5 Å². The third-order valence-corrected chi connectivity index (χ3v) is 5.22. The number of amides is 1. The first-order valence-corrected chi connectivity index (χ1v) is 9.49. The number of rotatable bonds is 5. The number of carbonyl (C=O) groups excluding carboxylic acids is 1. The minimum absolute atomic E-state index is 0.0631. The highest BCUT2D eigenvalue weighted by Crippen LogP contribution is 2.32. The van der Waals surface area contributed by atoms with E-state index < -0.39 is 5.60 Å². The smallest absolute Gasteiger partial charge is 0.275 e. The van der Waals surface area contributed by atoms with Crippen LogP contribution < -0.4 is 15.6 Å². The van der Waals surface area contributed by atoms with E-state index in [0.717, 1.165) is 22.0 Å². The summed E-state index contributed by atoms with van der Waals surface area (Å²) in [5.41, 5.74) is -1.04. The van der Waals surface area contributed by atoms with Crippen LogP contribution in [0.4, 0.5) is 0 Å². The van der Waals surface area contributed by atoms with E-state index in [-0.39, 0.29) is 30.2 Å². The fourth-order valence-corrected chi connectivity index (χ4v) is 3.64. The van der Waals surface area contributed by atoms with E-state index in [1.165, 1.54) is 0 Å². The van der Waals surface area contributed by atoms with Crippen molar-refractivity contribution in [3.8, 4) is 5.88 Å². The summed E-state index contributed by atoms with van der Waals surface area (Å²) in [6, 6.07) is 5.24. The van der Waals surface area contributed by atoms with Gasteiger partial charge in [0.25, 0.3) is 5.56 Å². The van der Waals surface area contributed by atoms with Crippen LogP contribution in [0.3, 0.4) is 0 Å². The van der Waals surface area contributed by atoms with Gasteiger partial charge < -0.3 is 15.2 Å². The minimum Gasteiger partial charge on any atom is -0.473 e. The maximum atomic E-state index is 12.7. The summed E-state index contributed by atoms with van der Waals surface area (Å²) in [4.78, 5) is 25.0. The number of aromatic nitrogens is 2. The SMILES string of the molecule is C[C@]1(O)C[C@@H](NC(=O)Cn2nc(OC3CC3)c3cc(Br)ccc3c2=O)C1. The highest BCUT2D eigenvalue weighted by atomic mass is 79.9. The van der Waals surface area contributed by atoms with Crippen LogP contribution in [0.2, 0.25) is 0 Å². The molecule has 0 aliphatic heterocycles. The Bertz CT molecular complexity index is 928. The van der Waals surface area contributed by atoms with E-state index in [4.69, 9.17) is 4.74 Å². The molecule has 0 unspecified atom stereocenters. The van der Waals surface area contributed by atoms with E-state index in [1.807, 2.05) is 6.07 Å². The number of carbonyl (C=O) groups is 1. The van der Waals surface area contributed by atoms with Crippen LogP contribution >= 0.6 is 15.9 Å². The fourth-order valence-electron chi connectivity index (χ4n) is 3.28. The molecule has 8 heteroatoms. The predicted octanol–water partition coefficient (Wildman–Crippen LogP) is 1.73. The van der Waals surface area contributed by atoms with Gasteiger partial charge in [0, 0.05) is 10.5 Å². The van der Waals surface area contributed by atoms with Crippen LogP contribution in [0.15, 0.2) is 27.5 Å². The quantitative estimate of drug-likeness (QED) is 0.766. The van der Waals surface area contributed by atoms with Crippen LogP contribution in [0.1, 0.15) is 32.6 Å². The van der Waals surface area contributed by atoms with Gasteiger partial charge in [0.05, 0.1) is 16.4 Å². The molecule has 2 saturated carbocycles. The number of hydrogen-bond donors (Lipinski definition) is 2. The zero-order valence-corrected chi connectivity index (χ0v) is 16.0. The lowest BCUT2D eigenvalue weighted by atomic mass is 9.77. The largest absolute Gasteiger partial charge is 0.473 e. The van der Waals surface area contributed by atoms with Gasteiger partial charge in [0.2, 0.25) is 11.8 Å². The minimum atomic E-state index is -0.714. The number of benzene rings is 1.